The molecular weight excluding hydrogens is 318 g/mol. The van der Waals surface area contributed by atoms with Crippen LogP contribution in [0.1, 0.15) is 48.6 Å². The molecule has 0 unspecified atom stereocenters. The van der Waals surface area contributed by atoms with E-state index in [9.17, 15) is 4.79 Å². The number of imidazole rings is 1. The van der Waals surface area contributed by atoms with E-state index >= 15 is 0 Å². The molecule has 0 aliphatic carbocycles. The lowest BCUT2D eigenvalue weighted by atomic mass is 10.2. The molecule has 1 atom stereocenters. The molecule has 0 aromatic carbocycles. The number of nitrogens with zero attached hydrogens (tertiary/aromatic N) is 5. The average molecular weight is 341 g/mol. The first-order chi connectivity index (χ1) is 12.1. The molecule has 0 radical (unpaired) electrons. The lowest BCUT2D eigenvalue weighted by Crippen LogP contribution is -2.27. The molecule has 0 spiro atoms. The van der Waals surface area contributed by atoms with Crippen LogP contribution >= 0.6 is 0 Å². The van der Waals surface area contributed by atoms with Crippen molar-refractivity contribution in [2.75, 3.05) is 13.1 Å². The third-order valence-electron chi connectivity index (χ3n) is 4.23. The number of hydrogen-bond donors (Lipinski definition) is 2. The van der Waals surface area contributed by atoms with Crippen molar-refractivity contribution in [3.63, 3.8) is 0 Å². The Morgan fingerprint density at radius 2 is 2.12 bits per heavy atom. The summed E-state index contributed by atoms with van der Waals surface area (Å²) in [4.78, 5) is 26.4. The first-order valence-electron chi connectivity index (χ1n) is 8.47. The summed E-state index contributed by atoms with van der Waals surface area (Å²) in [5.74, 6) is 0.488. The molecule has 0 saturated heterocycles. The number of aromatic amines is 1. The molecule has 132 valence electrons. The quantitative estimate of drug-likeness (QED) is 0.683. The fraction of sp³-hybridized carbons (Fsp3) is 0.412. The molecule has 3 heterocycles. The topological polar surface area (TPSA) is 91.2 Å². The Morgan fingerprint density at radius 1 is 1.32 bits per heavy atom. The van der Waals surface area contributed by atoms with Crippen molar-refractivity contribution in [2.45, 2.75) is 33.4 Å². The summed E-state index contributed by atoms with van der Waals surface area (Å²) in [6.07, 6.45) is 8.67. The molecule has 8 nitrogen and oxygen atoms in total. The highest BCUT2D eigenvalue weighted by Gasteiger charge is 2.18. The van der Waals surface area contributed by atoms with Crippen LogP contribution in [0.5, 0.6) is 0 Å². The van der Waals surface area contributed by atoms with Crippen molar-refractivity contribution in [1.29, 1.82) is 0 Å². The van der Waals surface area contributed by atoms with Crippen LogP contribution in [-0.4, -0.2) is 48.5 Å². The van der Waals surface area contributed by atoms with E-state index < -0.39 is 0 Å². The number of aromatic nitrogens is 5. The number of amides is 1. The molecule has 0 aliphatic heterocycles. The minimum Gasteiger partial charge on any atom is -0.347 e. The Morgan fingerprint density at radius 3 is 2.80 bits per heavy atom. The SMILES string of the molecule is CCN(CC)Cc1cnc2c(C(=O)N[C@H](C)c3ncc[nH]3)cnn2c1. The zero-order chi connectivity index (χ0) is 17.8. The number of H-pyrrole nitrogens is 1. The Bertz CT molecular complexity index is 836. The molecule has 1 amide bonds. The summed E-state index contributed by atoms with van der Waals surface area (Å²) in [7, 11) is 0. The second kappa shape index (κ2) is 7.43. The minimum absolute atomic E-state index is 0.220. The van der Waals surface area contributed by atoms with Gasteiger partial charge >= 0.3 is 0 Å². The predicted octanol–water partition coefficient (Wildman–Crippen LogP) is 1.79. The van der Waals surface area contributed by atoms with Gasteiger partial charge in [-0.3, -0.25) is 9.69 Å². The van der Waals surface area contributed by atoms with E-state index in [2.05, 4.69) is 44.1 Å². The normalized spacial score (nSPS) is 12.6. The van der Waals surface area contributed by atoms with Crippen molar-refractivity contribution in [3.05, 3.63) is 47.9 Å². The molecule has 3 rings (SSSR count). The van der Waals surface area contributed by atoms with Crippen LogP contribution in [0.25, 0.3) is 5.65 Å². The van der Waals surface area contributed by atoms with Gasteiger partial charge < -0.3 is 10.3 Å². The fourth-order valence-electron chi connectivity index (χ4n) is 2.72. The van der Waals surface area contributed by atoms with E-state index in [0.29, 0.717) is 17.0 Å². The summed E-state index contributed by atoms with van der Waals surface area (Å²) in [6.45, 7) is 8.90. The maximum atomic E-state index is 12.5. The molecule has 3 aromatic rings. The van der Waals surface area contributed by atoms with E-state index in [-0.39, 0.29) is 11.9 Å². The number of carbonyl (C=O) groups is 1. The monoisotopic (exact) mass is 341 g/mol. The Balaban J connectivity index is 1.77. The van der Waals surface area contributed by atoms with Gasteiger partial charge in [0.1, 0.15) is 11.4 Å². The zero-order valence-corrected chi connectivity index (χ0v) is 14.7. The summed E-state index contributed by atoms with van der Waals surface area (Å²) in [5.41, 5.74) is 2.07. The van der Waals surface area contributed by atoms with Crippen molar-refractivity contribution >= 4 is 11.6 Å². The van der Waals surface area contributed by atoms with Gasteiger partial charge in [0.15, 0.2) is 5.65 Å². The third-order valence-corrected chi connectivity index (χ3v) is 4.23. The summed E-state index contributed by atoms with van der Waals surface area (Å²) < 4.78 is 1.66. The van der Waals surface area contributed by atoms with Gasteiger partial charge in [0.05, 0.1) is 12.2 Å². The average Bonchev–Trinajstić information content (AvgIpc) is 3.28. The Hall–Kier alpha value is -2.74. The molecule has 2 N–H and O–H groups in total. The van der Waals surface area contributed by atoms with Crippen LogP contribution in [0.3, 0.4) is 0 Å². The number of fused-ring (bicyclic) bond motifs is 1. The Kier molecular flexibility index (Phi) is 5.08. The smallest absolute Gasteiger partial charge is 0.257 e. The van der Waals surface area contributed by atoms with Crippen LogP contribution in [0.15, 0.2) is 31.0 Å². The van der Waals surface area contributed by atoms with Crippen molar-refractivity contribution in [2.24, 2.45) is 0 Å². The molecule has 0 fully saturated rings. The highest BCUT2D eigenvalue weighted by Crippen LogP contribution is 2.13. The van der Waals surface area contributed by atoms with Crippen molar-refractivity contribution in [1.82, 2.24) is 34.8 Å². The van der Waals surface area contributed by atoms with E-state index in [4.69, 9.17) is 0 Å². The third kappa shape index (κ3) is 3.69. The van der Waals surface area contributed by atoms with Crippen LogP contribution in [-0.2, 0) is 6.54 Å². The maximum Gasteiger partial charge on any atom is 0.257 e. The van der Waals surface area contributed by atoms with Gasteiger partial charge in [0, 0.05) is 36.9 Å². The molecule has 0 saturated carbocycles. The molecule has 3 aromatic heterocycles. The lowest BCUT2D eigenvalue weighted by molar-refractivity contribution is 0.0940. The number of nitrogens with one attached hydrogen (secondary N) is 2. The zero-order valence-electron chi connectivity index (χ0n) is 14.7. The van der Waals surface area contributed by atoms with Crippen LogP contribution < -0.4 is 5.32 Å². The van der Waals surface area contributed by atoms with Crippen LogP contribution in [0, 0.1) is 0 Å². The van der Waals surface area contributed by atoms with E-state index in [1.807, 2.05) is 19.3 Å². The first kappa shape index (κ1) is 17.1. The second-order valence-corrected chi connectivity index (χ2v) is 5.92. The van der Waals surface area contributed by atoms with Crippen molar-refractivity contribution < 1.29 is 4.79 Å². The van der Waals surface area contributed by atoms with Crippen LogP contribution in [0.4, 0.5) is 0 Å². The maximum absolute atomic E-state index is 12.5. The molecular formula is C17H23N7O. The fourth-order valence-corrected chi connectivity index (χ4v) is 2.72. The van der Waals surface area contributed by atoms with E-state index in [0.717, 1.165) is 25.2 Å². The standard InChI is InChI=1S/C17H23N7O/c1-4-23(5-2)10-13-8-20-16-14(9-21-24(16)11-13)17(25)22-12(3)15-18-6-7-19-15/h6-9,11-12H,4-5,10H2,1-3H3,(H,18,19)(H,22,25)/t12-/m1/s1. The molecule has 0 bridgehead atoms. The highest BCUT2D eigenvalue weighted by molar-refractivity contribution is 5.99. The molecule has 8 heteroatoms. The van der Waals surface area contributed by atoms with Gasteiger partial charge in [-0.1, -0.05) is 13.8 Å². The molecule has 0 aliphatic rings. The van der Waals surface area contributed by atoms with Crippen molar-refractivity contribution in [3.8, 4) is 0 Å². The molecule has 25 heavy (non-hydrogen) atoms. The predicted molar refractivity (Wildman–Crippen MR) is 94.1 cm³/mol. The van der Waals surface area contributed by atoms with E-state index in [1.54, 1.807) is 23.1 Å². The number of rotatable bonds is 7. The number of carbonyl (C=O) groups excluding carboxylic acids is 1. The van der Waals surface area contributed by atoms with Gasteiger partial charge in [-0.2, -0.15) is 5.10 Å². The number of hydrogen-bond acceptors (Lipinski definition) is 5. The second-order valence-electron chi connectivity index (χ2n) is 5.92. The van der Waals surface area contributed by atoms with Gasteiger partial charge in [-0.15, -0.1) is 0 Å². The van der Waals surface area contributed by atoms with Gasteiger partial charge in [-0.05, 0) is 20.0 Å². The summed E-state index contributed by atoms with van der Waals surface area (Å²) in [6, 6.07) is -0.223. The summed E-state index contributed by atoms with van der Waals surface area (Å²) in [5, 5.41) is 7.19. The largest absolute Gasteiger partial charge is 0.347 e. The minimum atomic E-state index is -0.223. The Labute approximate surface area is 146 Å². The van der Waals surface area contributed by atoms with E-state index in [1.165, 1.54) is 0 Å². The van der Waals surface area contributed by atoms with Gasteiger partial charge in [0.25, 0.3) is 5.91 Å². The van der Waals surface area contributed by atoms with Gasteiger partial charge in [-0.25, -0.2) is 14.5 Å². The van der Waals surface area contributed by atoms with Gasteiger partial charge in [0.2, 0.25) is 0 Å². The van der Waals surface area contributed by atoms with Crippen LogP contribution in [0.2, 0.25) is 0 Å². The summed E-state index contributed by atoms with van der Waals surface area (Å²) >= 11 is 0. The lowest BCUT2D eigenvalue weighted by Gasteiger charge is -2.17. The first-order valence-corrected chi connectivity index (χ1v) is 8.47. The highest BCUT2D eigenvalue weighted by atomic mass is 16.1.